The topological polar surface area (TPSA) is 133 Å². The molecule has 1 saturated heterocycles. The fourth-order valence-corrected chi connectivity index (χ4v) is 6.54. The maximum absolute atomic E-state index is 13.6. The van der Waals surface area contributed by atoms with Crippen molar-refractivity contribution in [3.05, 3.63) is 83.4 Å². The molecule has 3 aromatic rings. The molecule has 0 bridgehead atoms. The summed E-state index contributed by atoms with van der Waals surface area (Å²) in [6, 6.07) is 19.6. The Hall–Kier alpha value is -3.19. The van der Waals surface area contributed by atoms with Crippen molar-refractivity contribution in [2.45, 2.75) is 38.5 Å². The van der Waals surface area contributed by atoms with Crippen LogP contribution in [-0.4, -0.2) is 71.9 Å². The SMILES string of the molecule is CCOc1cc(C(=O)N[C@@H](Cc2ccccc2)[C@@H](O)CNCc2cc(OC)cc(OC)c2)cc(N2CCCS2(O)O)c1.Cl. The van der Waals surface area contributed by atoms with Gasteiger partial charge in [0.1, 0.15) is 17.2 Å². The van der Waals surface area contributed by atoms with E-state index in [1.54, 1.807) is 42.8 Å². The summed E-state index contributed by atoms with van der Waals surface area (Å²) in [4.78, 5) is 13.6. The molecule has 2 atom stereocenters. The standard InChI is InChI=1S/C31H41N3O7S.ClH/c1-4-41-28-17-24(16-25(18-28)34-11-8-12-42(34,37)38)31(36)33-29(15-22-9-6-5-7-10-22)30(35)21-32-20-23-13-26(39-2)19-27(14-23)40-3;/h5-7,9-10,13-14,16-19,29-30,32,35,37-38H,4,8,11-12,15,20-21H2,1-3H3,(H,33,36);1H/t29-,30-;/m0./s1. The van der Waals surface area contributed by atoms with Gasteiger partial charge in [0.05, 0.1) is 44.4 Å². The predicted octanol–water partition coefficient (Wildman–Crippen LogP) is 4.89. The molecule has 0 aliphatic carbocycles. The molecule has 5 N–H and O–H groups in total. The fourth-order valence-electron chi connectivity index (χ4n) is 4.94. The molecule has 236 valence electrons. The minimum atomic E-state index is -2.95. The molecule has 10 nitrogen and oxygen atoms in total. The lowest BCUT2D eigenvalue weighted by atomic mass is 10.00. The third-order valence-corrected chi connectivity index (χ3v) is 8.99. The molecule has 1 amide bonds. The number of amides is 1. The lowest BCUT2D eigenvalue weighted by Gasteiger charge is -2.38. The van der Waals surface area contributed by atoms with Gasteiger partial charge in [0, 0.05) is 37.3 Å². The first kappa shape index (κ1) is 34.3. The number of hydrogen-bond donors (Lipinski definition) is 5. The van der Waals surface area contributed by atoms with E-state index in [0.29, 0.717) is 61.0 Å². The van der Waals surface area contributed by atoms with Crippen molar-refractivity contribution in [1.82, 2.24) is 10.6 Å². The number of nitrogens with one attached hydrogen (secondary N) is 2. The largest absolute Gasteiger partial charge is 0.497 e. The zero-order valence-corrected chi connectivity index (χ0v) is 26.3. The highest BCUT2D eigenvalue weighted by Gasteiger charge is 2.30. The van der Waals surface area contributed by atoms with Crippen LogP contribution in [0.25, 0.3) is 0 Å². The van der Waals surface area contributed by atoms with Crippen LogP contribution < -0.4 is 29.1 Å². The number of nitrogens with zero attached hydrogens (tertiary/aromatic N) is 1. The van der Waals surface area contributed by atoms with Crippen LogP contribution in [0, 0.1) is 0 Å². The minimum absolute atomic E-state index is 0. The molecule has 3 aromatic carbocycles. The van der Waals surface area contributed by atoms with Gasteiger partial charge in [0.25, 0.3) is 5.91 Å². The van der Waals surface area contributed by atoms with E-state index in [-0.39, 0.29) is 24.7 Å². The lowest BCUT2D eigenvalue weighted by molar-refractivity contribution is 0.0829. The first-order valence-corrected chi connectivity index (χ1v) is 15.7. The second-order valence-corrected chi connectivity index (χ2v) is 12.2. The molecule has 1 aliphatic heterocycles. The smallest absolute Gasteiger partial charge is 0.251 e. The van der Waals surface area contributed by atoms with Crippen molar-refractivity contribution >= 4 is 34.8 Å². The summed E-state index contributed by atoms with van der Waals surface area (Å²) in [5.74, 6) is 1.69. The molecular weight excluding hydrogens is 594 g/mol. The number of halogens is 1. The highest BCUT2D eigenvalue weighted by atomic mass is 35.5. The second-order valence-electron chi connectivity index (χ2n) is 10.1. The molecule has 12 heteroatoms. The Balaban J connectivity index is 0.00000506. The summed E-state index contributed by atoms with van der Waals surface area (Å²) < 4.78 is 39.0. The van der Waals surface area contributed by atoms with E-state index in [2.05, 4.69) is 10.6 Å². The van der Waals surface area contributed by atoms with E-state index in [9.17, 15) is 19.0 Å². The maximum atomic E-state index is 13.6. The number of aliphatic hydroxyl groups is 1. The van der Waals surface area contributed by atoms with E-state index in [1.165, 1.54) is 0 Å². The second kappa shape index (κ2) is 16.0. The predicted molar refractivity (Wildman–Crippen MR) is 173 cm³/mol. The molecule has 0 saturated carbocycles. The highest BCUT2D eigenvalue weighted by Crippen LogP contribution is 2.51. The van der Waals surface area contributed by atoms with Gasteiger partial charge in [-0.05, 0) is 55.2 Å². The van der Waals surface area contributed by atoms with Crippen molar-refractivity contribution < 1.29 is 33.2 Å². The summed E-state index contributed by atoms with van der Waals surface area (Å²) in [6.07, 6.45) is 0.137. The molecule has 4 rings (SSSR count). The van der Waals surface area contributed by atoms with Crippen LogP contribution in [0.5, 0.6) is 17.2 Å². The van der Waals surface area contributed by atoms with Crippen LogP contribution >= 0.6 is 23.2 Å². The normalized spacial score (nSPS) is 16.0. The molecule has 0 aromatic heterocycles. The van der Waals surface area contributed by atoms with Gasteiger partial charge < -0.3 is 30.0 Å². The molecule has 1 aliphatic rings. The van der Waals surface area contributed by atoms with E-state index >= 15 is 0 Å². The quantitative estimate of drug-likeness (QED) is 0.168. The van der Waals surface area contributed by atoms with Gasteiger partial charge in [-0.25, -0.2) is 0 Å². The summed E-state index contributed by atoms with van der Waals surface area (Å²) in [5.41, 5.74) is 2.71. The monoisotopic (exact) mass is 635 g/mol. The van der Waals surface area contributed by atoms with Crippen LogP contribution in [-0.2, 0) is 13.0 Å². The molecule has 0 unspecified atom stereocenters. The van der Waals surface area contributed by atoms with E-state index in [4.69, 9.17) is 14.2 Å². The number of rotatable bonds is 14. The third-order valence-electron chi connectivity index (χ3n) is 7.06. The maximum Gasteiger partial charge on any atom is 0.251 e. The first-order chi connectivity index (χ1) is 20.2. The molecule has 1 fully saturated rings. The number of anilines is 1. The van der Waals surface area contributed by atoms with Crippen molar-refractivity contribution in [2.75, 3.05) is 44.0 Å². The summed E-state index contributed by atoms with van der Waals surface area (Å²) in [5, 5.41) is 17.5. The molecule has 0 radical (unpaired) electrons. The van der Waals surface area contributed by atoms with Crippen molar-refractivity contribution in [3.8, 4) is 17.2 Å². The number of hydrogen-bond acceptors (Lipinski definition) is 9. The Bertz CT molecular complexity index is 1310. The van der Waals surface area contributed by atoms with Crippen LogP contribution in [0.2, 0.25) is 0 Å². The summed E-state index contributed by atoms with van der Waals surface area (Å²) >= 11 is 0. The van der Waals surface area contributed by atoms with E-state index in [1.807, 2.05) is 49.4 Å². The van der Waals surface area contributed by atoms with Gasteiger partial charge in [-0.1, -0.05) is 30.3 Å². The average molecular weight is 636 g/mol. The van der Waals surface area contributed by atoms with Crippen LogP contribution in [0.1, 0.15) is 34.8 Å². The Labute approximate surface area is 261 Å². The van der Waals surface area contributed by atoms with E-state index in [0.717, 1.165) is 11.1 Å². The van der Waals surface area contributed by atoms with Crippen LogP contribution in [0.4, 0.5) is 5.69 Å². The number of benzene rings is 3. The summed E-state index contributed by atoms with van der Waals surface area (Å²) in [6.45, 7) is 3.38. The van der Waals surface area contributed by atoms with Gasteiger partial charge in [0.15, 0.2) is 0 Å². The molecular formula is C31H42ClN3O7S. The first-order valence-electron chi connectivity index (χ1n) is 14.0. The zero-order valence-electron chi connectivity index (χ0n) is 24.7. The van der Waals surface area contributed by atoms with Gasteiger partial charge in [-0.2, -0.15) is 0 Å². The van der Waals surface area contributed by atoms with Crippen LogP contribution in [0.15, 0.2) is 66.7 Å². The van der Waals surface area contributed by atoms with Crippen molar-refractivity contribution in [3.63, 3.8) is 0 Å². The number of ether oxygens (including phenoxy) is 3. The Morgan fingerprint density at radius 2 is 1.67 bits per heavy atom. The van der Waals surface area contributed by atoms with Gasteiger partial charge >= 0.3 is 0 Å². The lowest BCUT2D eigenvalue weighted by Crippen LogP contribution is -2.48. The van der Waals surface area contributed by atoms with Gasteiger partial charge in [-0.15, -0.1) is 23.2 Å². The zero-order chi connectivity index (χ0) is 30.1. The van der Waals surface area contributed by atoms with E-state index < -0.39 is 28.8 Å². The van der Waals surface area contributed by atoms with Gasteiger partial charge in [0.2, 0.25) is 0 Å². The summed E-state index contributed by atoms with van der Waals surface area (Å²) in [7, 11) is 0.235. The van der Waals surface area contributed by atoms with Gasteiger partial charge in [-0.3, -0.25) is 18.2 Å². The number of carbonyl (C=O) groups excluding carboxylic acids is 1. The van der Waals surface area contributed by atoms with Crippen molar-refractivity contribution in [1.29, 1.82) is 0 Å². The fraction of sp³-hybridized carbons (Fsp3) is 0.387. The van der Waals surface area contributed by atoms with Crippen LogP contribution in [0.3, 0.4) is 0 Å². The average Bonchev–Trinajstić information content (AvgIpc) is 3.35. The Morgan fingerprint density at radius 3 is 2.28 bits per heavy atom. The molecule has 43 heavy (non-hydrogen) atoms. The minimum Gasteiger partial charge on any atom is -0.497 e. The molecule has 0 spiro atoms. The molecule has 1 heterocycles. The Kier molecular flexibility index (Phi) is 12.8. The van der Waals surface area contributed by atoms with Crippen molar-refractivity contribution in [2.24, 2.45) is 0 Å². The number of aliphatic hydroxyl groups excluding tert-OH is 1. The number of carbonyl (C=O) groups is 1. The third kappa shape index (κ3) is 9.40. The number of methoxy groups -OCH3 is 2. The highest BCUT2D eigenvalue weighted by molar-refractivity contribution is 8.25. The Morgan fingerprint density at radius 1 is 0.977 bits per heavy atom.